The van der Waals surface area contributed by atoms with Crippen LogP contribution in [0.25, 0.3) is 0 Å². The molecule has 0 unspecified atom stereocenters. The number of rotatable bonds is 11. The molecular weight excluding hydrogens is 236 g/mol. The van der Waals surface area contributed by atoms with Crippen LogP contribution < -0.4 is 5.73 Å². The number of hydrogen-bond donors (Lipinski definition) is 1. The largest absolute Gasteiger partial charge is 0.343 e. The Balaban J connectivity index is 4.33. The predicted octanol–water partition coefficient (Wildman–Crippen LogP) is 3.43. The van der Waals surface area contributed by atoms with Crippen LogP contribution in [0.5, 0.6) is 0 Å². The Morgan fingerprint density at radius 3 is 2.00 bits per heavy atom. The van der Waals surface area contributed by atoms with Crippen LogP contribution >= 0.6 is 0 Å². The minimum absolute atomic E-state index is 0.304. The monoisotopic (exact) mass is 270 g/mol. The fourth-order valence-corrected chi connectivity index (χ4v) is 2.36. The molecule has 0 aromatic carbocycles. The van der Waals surface area contributed by atoms with E-state index >= 15 is 0 Å². The van der Waals surface area contributed by atoms with Gasteiger partial charge in [-0.15, -0.1) is 0 Å². The van der Waals surface area contributed by atoms with Crippen molar-refractivity contribution in [2.24, 2.45) is 17.6 Å². The van der Waals surface area contributed by atoms with Crippen molar-refractivity contribution in [3.05, 3.63) is 0 Å². The smallest absolute Gasteiger partial charge is 0.222 e. The van der Waals surface area contributed by atoms with Crippen LogP contribution in [-0.4, -0.2) is 30.4 Å². The zero-order chi connectivity index (χ0) is 14.7. The molecule has 0 aliphatic heterocycles. The van der Waals surface area contributed by atoms with Crippen LogP contribution in [0.2, 0.25) is 0 Å². The summed E-state index contributed by atoms with van der Waals surface area (Å²) in [7, 11) is 0. The lowest BCUT2D eigenvalue weighted by atomic mass is 9.93. The SMILES string of the molecule is CCCCN(CCCC)C(=O)C[C@@H](CN)CC(C)C. The maximum atomic E-state index is 12.4. The van der Waals surface area contributed by atoms with Gasteiger partial charge in [0.2, 0.25) is 5.91 Å². The van der Waals surface area contributed by atoms with Crippen molar-refractivity contribution in [2.45, 2.75) is 66.2 Å². The van der Waals surface area contributed by atoms with Gasteiger partial charge < -0.3 is 10.6 Å². The van der Waals surface area contributed by atoms with E-state index in [1.54, 1.807) is 0 Å². The normalized spacial score (nSPS) is 12.7. The van der Waals surface area contributed by atoms with Gasteiger partial charge in [0.15, 0.2) is 0 Å². The van der Waals surface area contributed by atoms with Gasteiger partial charge >= 0.3 is 0 Å². The molecule has 3 nitrogen and oxygen atoms in total. The van der Waals surface area contributed by atoms with Crippen LogP contribution in [0.3, 0.4) is 0 Å². The number of nitrogens with two attached hydrogens (primary N) is 1. The van der Waals surface area contributed by atoms with Gasteiger partial charge in [0, 0.05) is 19.5 Å². The molecule has 0 radical (unpaired) electrons. The number of hydrogen-bond acceptors (Lipinski definition) is 2. The highest BCUT2D eigenvalue weighted by atomic mass is 16.2. The van der Waals surface area contributed by atoms with Crippen LogP contribution in [0.15, 0.2) is 0 Å². The number of carbonyl (C=O) groups is 1. The Labute approximate surface area is 119 Å². The molecule has 0 heterocycles. The standard InChI is InChI=1S/C16H34N2O/c1-5-7-9-18(10-8-6-2)16(19)12-15(13-17)11-14(3)4/h14-15H,5-13,17H2,1-4H3/t15-/m0/s1. The molecule has 2 N–H and O–H groups in total. The highest BCUT2D eigenvalue weighted by Gasteiger charge is 2.18. The van der Waals surface area contributed by atoms with Gasteiger partial charge in [-0.2, -0.15) is 0 Å². The quantitative estimate of drug-likeness (QED) is 0.625. The lowest BCUT2D eigenvalue weighted by Gasteiger charge is -2.25. The molecule has 114 valence electrons. The average molecular weight is 270 g/mol. The van der Waals surface area contributed by atoms with Crippen LogP contribution in [0, 0.1) is 11.8 Å². The lowest BCUT2D eigenvalue weighted by Crippen LogP contribution is -2.35. The molecule has 3 heteroatoms. The minimum Gasteiger partial charge on any atom is -0.343 e. The molecular formula is C16H34N2O. The summed E-state index contributed by atoms with van der Waals surface area (Å²) < 4.78 is 0. The third-order valence-electron chi connectivity index (χ3n) is 3.52. The van der Waals surface area contributed by atoms with Crippen LogP contribution in [-0.2, 0) is 4.79 Å². The van der Waals surface area contributed by atoms with E-state index in [1.165, 1.54) is 0 Å². The molecule has 1 atom stereocenters. The zero-order valence-corrected chi connectivity index (χ0v) is 13.5. The van der Waals surface area contributed by atoms with E-state index in [4.69, 9.17) is 5.73 Å². The molecule has 1 amide bonds. The predicted molar refractivity (Wildman–Crippen MR) is 83.0 cm³/mol. The summed E-state index contributed by atoms with van der Waals surface area (Å²) >= 11 is 0. The van der Waals surface area contributed by atoms with Crippen LogP contribution in [0.1, 0.15) is 66.2 Å². The number of amides is 1. The average Bonchev–Trinajstić information content (AvgIpc) is 2.37. The molecule has 0 saturated carbocycles. The first-order chi connectivity index (χ1) is 9.04. The minimum atomic E-state index is 0.304. The van der Waals surface area contributed by atoms with E-state index in [9.17, 15) is 4.79 Å². The Kier molecular flexibility index (Phi) is 10.9. The van der Waals surface area contributed by atoms with E-state index in [0.29, 0.717) is 30.7 Å². The lowest BCUT2D eigenvalue weighted by molar-refractivity contribution is -0.132. The van der Waals surface area contributed by atoms with Crippen molar-refractivity contribution >= 4 is 5.91 Å². The second-order valence-electron chi connectivity index (χ2n) is 6.02. The topological polar surface area (TPSA) is 46.3 Å². The summed E-state index contributed by atoms with van der Waals surface area (Å²) in [5.41, 5.74) is 5.80. The van der Waals surface area contributed by atoms with Gasteiger partial charge in [-0.25, -0.2) is 0 Å². The van der Waals surface area contributed by atoms with Crippen molar-refractivity contribution in [3.8, 4) is 0 Å². The maximum Gasteiger partial charge on any atom is 0.222 e. The van der Waals surface area contributed by atoms with E-state index in [0.717, 1.165) is 45.2 Å². The second kappa shape index (κ2) is 11.3. The molecule has 0 spiro atoms. The van der Waals surface area contributed by atoms with Crippen molar-refractivity contribution in [2.75, 3.05) is 19.6 Å². The number of nitrogens with zero attached hydrogens (tertiary/aromatic N) is 1. The molecule has 0 aromatic heterocycles. The Bertz CT molecular complexity index is 221. The van der Waals surface area contributed by atoms with Crippen molar-refractivity contribution in [1.29, 1.82) is 0 Å². The summed E-state index contributed by atoms with van der Waals surface area (Å²) in [6.45, 7) is 11.2. The third-order valence-corrected chi connectivity index (χ3v) is 3.52. The Hall–Kier alpha value is -0.570. The van der Waals surface area contributed by atoms with Gasteiger partial charge in [0.25, 0.3) is 0 Å². The number of unbranched alkanes of at least 4 members (excludes halogenated alkanes) is 2. The maximum absolute atomic E-state index is 12.4. The summed E-state index contributed by atoms with van der Waals surface area (Å²) in [5.74, 6) is 1.26. The van der Waals surface area contributed by atoms with E-state index in [-0.39, 0.29) is 0 Å². The summed E-state index contributed by atoms with van der Waals surface area (Å²) in [4.78, 5) is 14.4. The van der Waals surface area contributed by atoms with Gasteiger partial charge in [-0.1, -0.05) is 40.5 Å². The first-order valence-corrected chi connectivity index (χ1v) is 8.02. The molecule has 0 rings (SSSR count). The second-order valence-corrected chi connectivity index (χ2v) is 6.02. The zero-order valence-electron chi connectivity index (χ0n) is 13.5. The number of carbonyl (C=O) groups excluding carboxylic acids is 1. The fraction of sp³-hybridized carbons (Fsp3) is 0.938. The van der Waals surface area contributed by atoms with Gasteiger partial charge in [0.05, 0.1) is 0 Å². The molecule has 0 aromatic rings. The first kappa shape index (κ1) is 18.4. The highest BCUT2D eigenvalue weighted by Crippen LogP contribution is 2.16. The van der Waals surface area contributed by atoms with Gasteiger partial charge in [-0.3, -0.25) is 4.79 Å². The fourth-order valence-electron chi connectivity index (χ4n) is 2.36. The Morgan fingerprint density at radius 2 is 1.63 bits per heavy atom. The molecule has 0 fully saturated rings. The van der Waals surface area contributed by atoms with E-state index in [1.807, 2.05) is 0 Å². The summed E-state index contributed by atoms with van der Waals surface area (Å²) in [6, 6.07) is 0. The van der Waals surface area contributed by atoms with Crippen LogP contribution in [0.4, 0.5) is 0 Å². The molecule has 0 saturated heterocycles. The molecule has 0 aliphatic carbocycles. The summed E-state index contributed by atoms with van der Waals surface area (Å²) in [6.07, 6.45) is 6.17. The first-order valence-electron chi connectivity index (χ1n) is 8.02. The van der Waals surface area contributed by atoms with Crippen molar-refractivity contribution in [3.63, 3.8) is 0 Å². The highest BCUT2D eigenvalue weighted by molar-refractivity contribution is 5.76. The molecule has 19 heavy (non-hydrogen) atoms. The van der Waals surface area contributed by atoms with E-state index < -0.39 is 0 Å². The molecule has 0 bridgehead atoms. The summed E-state index contributed by atoms with van der Waals surface area (Å²) in [5, 5.41) is 0. The molecule has 0 aliphatic rings. The Morgan fingerprint density at radius 1 is 1.11 bits per heavy atom. The van der Waals surface area contributed by atoms with Crippen molar-refractivity contribution in [1.82, 2.24) is 4.90 Å². The third kappa shape index (κ3) is 9.04. The van der Waals surface area contributed by atoms with Gasteiger partial charge in [0.1, 0.15) is 0 Å². The van der Waals surface area contributed by atoms with Crippen molar-refractivity contribution < 1.29 is 4.79 Å². The van der Waals surface area contributed by atoms with Gasteiger partial charge in [-0.05, 0) is 37.6 Å². The van der Waals surface area contributed by atoms with E-state index in [2.05, 4.69) is 32.6 Å².